The fourth-order valence-electron chi connectivity index (χ4n) is 1.58. The molecule has 106 valence electrons. The van der Waals surface area contributed by atoms with E-state index in [1.165, 1.54) is 12.1 Å². The second-order valence-electron chi connectivity index (χ2n) is 3.95. The lowest BCUT2D eigenvalue weighted by Crippen LogP contribution is -2.03. The highest BCUT2D eigenvalue weighted by molar-refractivity contribution is 6.31. The van der Waals surface area contributed by atoms with Gasteiger partial charge in [0.2, 0.25) is 0 Å². The van der Waals surface area contributed by atoms with Crippen molar-refractivity contribution in [3.63, 3.8) is 0 Å². The molecule has 2 rings (SSSR count). The molecule has 0 radical (unpaired) electrons. The molecule has 0 spiro atoms. The van der Waals surface area contributed by atoms with E-state index in [4.69, 9.17) is 30.7 Å². The third-order valence-electron chi connectivity index (χ3n) is 2.44. The highest BCUT2D eigenvalue weighted by Crippen LogP contribution is 2.23. The van der Waals surface area contributed by atoms with Crippen LogP contribution in [0.25, 0.3) is 0 Å². The first-order valence-corrected chi connectivity index (χ1v) is 6.07. The number of halogens is 1. The number of carbonyl (C=O) groups is 1. The number of aromatic nitrogens is 1. The van der Waals surface area contributed by atoms with E-state index in [1.807, 2.05) is 0 Å². The van der Waals surface area contributed by atoms with Gasteiger partial charge in [-0.05, 0) is 18.2 Å². The lowest BCUT2D eigenvalue weighted by atomic mass is 10.2. The molecule has 0 atom stereocenters. The second kappa shape index (κ2) is 6.40. The number of benzene rings is 1. The van der Waals surface area contributed by atoms with Crippen LogP contribution in [0.4, 0.5) is 0 Å². The van der Waals surface area contributed by atoms with Gasteiger partial charge in [0.1, 0.15) is 30.2 Å². The van der Waals surface area contributed by atoms with Gasteiger partial charge in [0.05, 0.1) is 0 Å². The molecule has 0 aliphatic carbocycles. The van der Waals surface area contributed by atoms with Gasteiger partial charge in [0.15, 0.2) is 5.76 Å². The summed E-state index contributed by atoms with van der Waals surface area (Å²) in [6, 6.07) is 6.07. The van der Waals surface area contributed by atoms with Crippen LogP contribution >= 0.6 is 11.6 Å². The van der Waals surface area contributed by atoms with Crippen LogP contribution in [0.5, 0.6) is 5.75 Å². The molecule has 0 unspecified atom stereocenters. The number of methoxy groups -OCH3 is 1. The zero-order chi connectivity index (χ0) is 14.5. The van der Waals surface area contributed by atoms with Gasteiger partial charge in [-0.3, -0.25) is 0 Å². The van der Waals surface area contributed by atoms with Gasteiger partial charge >= 0.3 is 5.97 Å². The van der Waals surface area contributed by atoms with Gasteiger partial charge in [-0.2, -0.15) is 0 Å². The molecule has 1 aromatic carbocycles. The van der Waals surface area contributed by atoms with E-state index >= 15 is 0 Å². The quantitative estimate of drug-likeness (QED) is 0.883. The van der Waals surface area contributed by atoms with Crippen molar-refractivity contribution in [2.24, 2.45) is 0 Å². The van der Waals surface area contributed by atoms with Crippen molar-refractivity contribution in [2.45, 2.75) is 13.2 Å². The van der Waals surface area contributed by atoms with Crippen LogP contribution in [0.15, 0.2) is 28.8 Å². The summed E-state index contributed by atoms with van der Waals surface area (Å²) in [5.74, 6) is -0.318. The number of rotatable bonds is 6. The van der Waals surface area contributed by atoms with E-state index in [9.17, 15) is 4.79 Å². The minimum absolute atomic E-state index is 0.00175. The molecule has 0 amide bonds. The van der Waals surface area contributed by atoms with Crippen molar-refractivity contribution >= 4 is 17.6 Å². The summed E-state index contributed by atoms with van der Waals surface area (Å²) in [4.78, 5) is 11.1. The Balaban J connectivity index is 2.08. The first-order valence-electron chi connectivity index (χ1n) is 5.69. The molecule has 20 heavy (non-hydrogen) atoms. The van der Waals surface area contributed by atoms with Gasteiger partial charge < -0.3 is 19.1 Å². The van der Waals surface area contributed by atoms with Crippen molar-refractivity contribution in [2.75, 3.05) is 7.11 Å². The molecule has 2 aromatic rings. The number of aromatic carboxylic acids is 1. The van der Waals surface area contributed by atoms with Gasteiger partial charge in [0, 0.05) is 18.2 Å². The molecule has 7 heteroatoms. The monoisotopic (exact) mass is 297 g/mol. The third kappa shape index (κ3) is 3.49. The van der Waals surface area contributed by atoms with Crippen LogP contribution in [0, 0.1) is 0 Å². The topological polar surface area (TPSA) is 81.8 Å². The van der Waals surface area contributed by atoms with E-state index in [0.29, 0.717) is 23.1 Å². The Morgan fingerprint density at radius 1 is 1.40 bits per heavy atom. The summed E-state index contributed by atoms with van der Waals surface area (Å²) in [5, 5.41) is 13.2. The summed E-state index contributed by atoms with van der Waals surface area (Å²) >= 11 is 5.76. The zero-order valence-electron chi connectivity index (χ0n) is 10.6. The molecule has 1 N–H and O–H groups in total. The molecule has 0 saturated heterocycles. The van der Waals surface area contributed by atoms with E-state index in [-0.39, 0.29) is 17.9 Å². The van der Waals surface area contributed by atoms with Gasteiger partial charge in [-0.25, -0.2) is 4.79 Å². The maximum absolute atomic E-state index is 11.1. The molecule has 0 saturated carbocycles. The second-order valence-corrected chi connectivity index (χ2v) is 4.39. The standard InChI is InChI=1S/C13H12ClNO5/c1-18-7-10-5-9(15-20-10)6-19-12-3-2-8(14)4-11(12)13(16)17/h2-5H,6-7H2,1H3,(H,16,17). The Morgan fingerprint density at radius 3 is 2.90 bits per heavy atom. The normalized spacial score (nSPS) is 10.5. The molecular formula is C13H12ClNO5. The molecule has 0 aliphatic rings. The van der Waals surface area contributed by atoms with Crippen LogP contribution in [0.2, 0.25) is 5.02 Å². The van der Waals surface area contributed by atoms with E-state index in [2.05, 4.69) is 5.16 Å². The van der Waals surface area contributed by atoms with E-state index in [1.54, 1.807) is 19.2 Å². The van der Waals surface area contributed by atoms with Crippen molar-refractivity contribution in [3.8, 4) is 5.75 Å². The Bertz CT molecular complexity index is 611. The smallest absolute Gasteiger partial charge is 0.339 e. The zero-order valence-corrected chi connectivity index (χ0v) is 11.4. The summed E-state index contributed by atoms with van der Waals surface area (Å²) in [5.41, 5.74) is 0.543. The minimum Gasteiger partial charge on any atom is -0.486 e. The first kappa shape index (κ1) is 14.4. The van der Waals surface area contributed by atoms with Crippen LogP contribution in [-0.4, -0.2) is 23.3 Å². The Labute approximate surface area is 119 Å². The number of hydrogen-bond donors (Lipinski definition) is 1. The minimum atomic E-state index is -1.11. The number of carboxylic acid groups (broad SMARTS) is 1. The van der Waals surface area contributed by atoms with E-state index < -0.39 is 5.97 Å². The maximum Gasteiger partial charge on any atom is 0.339 e. The van der Waals surface area contributed by atoms with Crippen LogP contribution in [0.1, 0.15) is 21.8 Å². The largest absolute Gasteiger partial charge is 0.486 e. The summed E-state index contributed by atoms with van der Waals surface area (Å²) in [6.45, 7) is 0.406. The summed E-state index contributed by atoms with van der Waals surface area (Å²) in [6.07, 6.45) is 0. The highest BCUT2D eigenvalue weighted by Gasteiger charge is 2.13. The molecule has 0 bridgehead atoms. The third-order valence-corrected chi connectivity index (χ3v) is 2.68. The first-order chi connectivity index (χ1) is 9.60. The van der Waals surface area contributed by atoms with Crippen molar-refractivity contribution in [1.82, 2.24) is 5.16 Å². The summed E-state index contributed by atoms with van der Waals surface area (Å²) in [7, 11) is 1.55. The van der Waals surface area contributed by atoms with Gasteiger partial charge in [-0.15, -0.1) is 0 Å². The SMILES string of the molecule is COCc1cc(COc2ccc(Cl)cc2C(=O)O)no1. The van der Waals surface area contributed by atoms with Crippen LogP contribution < -0.4 is 4.74 Å². The Kier molecular flexibility index (Phi) is 4.60. The molecule has 0 aliphatic heterocycles. The average Bonchev–Trinajstić information content (AvgIpc) is 2.85. The predicted octanol–water partition coefficient (Wildman–Crippen LogP) is 2.75. The molecule has 1 aromatic heterocycles. The highest BCUT2D eigenvalue weighted by atomic mass is 35.5. The Morgan fingerprint density at radius 2 is 2.20 bits per heavy atom. The van der Waals surface area contributed by atoms with Crippen molar-refractivity contribution in [3.05, 3.63) is 46.3 Å². The number of carboxylic acids is 1. The number of ether oxygens (including phenoxy) is 2. The average molecular weight is 298 g/mol. The molecule has 6 nitrogen and oxygen atoms in total. The lowest BCUT2D eigenvalue weighted by molar-refractivity contribution is 0.0691. The molecule has 1 heterocycles. The fourth-order valence-corrected chi connectivity index (χ4v) is 1.75. The lowest BCUT2D eigenvalue weighted by Gasteiger charge is -2.07. The fraction of sp³-hybridized carbons (Fsp3) is 0.231. The maximum atomic E-state index is 11.1. The van der Waals surface area contributed by atoms with Gasteiger partial charge in [-0.1, -0.05) is 16.8 Å². The van der Waals surface area contributed by atoms with Gasteiger partial charge in [0.25, 0.3) is 0 Å². The van der Waals surface area contributed by atoms with E-state index in [0.717, 1.165) is 0 Å². The summed E-state index contributed by atoms with van der Waals surface area (Å²) < 4.78 is 15.3. The molecular weight excluding hydrogens is 286 g/mol. The number of hydrogen-bond acceptors (Lipinski definition) is 5. The molecule has 0 fully saturated rings. The van der Waals surface area contributed by atoms with Crippen molar-refractivity contribution in [1.29, 1.82) is 0 Å². The number of nitrogens with zero attached hydrogens (tertiary/aromatic N) is 1. The van der Waals surface area contributed by atoms with Crippen LogP contribution in [0.3, 0.4) is 0 Å². The Hall–Kier alpha value is -2.05. The predicted molar refractivity (Wildman–Crippen MR) is 70.0 cm³/mol. The van der Waals surface area contributed by atoms with Crippen molar-refractivity contribution < 1.29 is 23.9 Å². The van der Waals surface area contributed by atoms with Crippen LogP contribution in [-0.2, 0) is 18.0 Å².